The van der Waals surface area contributed by atoms with E-state index in [-0.39, 0.29) is 11.6 Å². The van der Waals surface area contributed by atoms with Gasteiger partial charge in [0.05, 0.1) is 6.61 Å². The van der Waals surface area contributed by atoms with Gasteiger partial charge < -0.3 is 10.5 Å². The van der Waals surface area contributed by atoms with E-state index in [4.69, 9.17) is 10.5 Å². The molecular formula is C15H20F2N2O. The molecule has 2 heterocycles. The van der Waals surface area contributed by atoms with Crippen LogP contribution in [0.2, 0.25) is 0 Å². The minimum Gasteiger partial charge on any atom is -0.370 e. The molecule has 3 nitrogen and oxygen atoms in total. The molecule has 2 aliphatic rings. The first-order valence-corrected chi connectivity index (χ1v) is 7.21. The summed E-state index contributed by atoms with van der Waals surface area (Å²) in [5, 5.41) is 0. The Bertz CT molecular complexity index is 477. The monoisotopic (exact) mass is 282 g/mol. The lowest BCUT2D eigenvalue weighted by molar-refractivity contribution is -0.0469. The first kappa shape index (κ1) is 13.9. The number of benzene rings is 1. The number of nitrogens with zero attached hydrogens (tertiary/aromatic N) is 1. The van der Waals surface area contributed by atoms with Crippen LogP contribution in [0.1, 0.15) is 30.9 Å². The number of nitrogens with two attached hydrogens (primary N) is 1. The molecule has 0 bridgehead atoms. The van der Waals surface area contributed by atoms with Crippen molar-refractivity contribution in [2.24, 2.45) is 5.73 Å². The lowest BCUT2D eigenvalue weighted by Crippen LogP contribution is -2.48. The van der Waals surface area contributed by atoms with Gasteiger partial charge in [0, 0.05) is 17.6 Å². The van der Waals surface area contributed by atoms with E-state index in [1.807, 2.05) is 0 Å². The summed E-state index contributed by atoms with van der Waals surface area (Å²) in [6.07, 6.45) is 2.65. The van der Waals surface area contributed by atoms with E-state index in [9.17, 15) is 8.78 Å². The molecule has 0 radical (unpaired) electrons. The van der Waals surface area contributed by atoms with Crippen LogP contribution in [-0.4, -0.2) is 36.7 Å². The van der Waals surface area contributed by atoms with Crippen molar-refractivity contribution in [1.82, 2.24) is 4.90 Å². The molecule has 1 aromatic rings. The minimum absolute atomic E-state index is 0.234. The molecule has 0 aromatic heterocycles. The summed E-state index contributed by atoms with van der Waals surface area (Å²) in [6.45, 7) is 2.70. The van der Waals surface area contributed by atoms with Gasteiger partial charge in [-0.1, -0.05) is 0 Å². The summed E-state index contributed by atoms with van der Waals surface area (Å²) in [7, 11) is 0. The number of hydrogen-bond donors (Lipinski definition) is 1. The Hall–Kier alpha value is -1.04. The number of likely N-dealkylation sites (tertiary alicyclic amines) is 1. The van der Waals surface area contributed by atoms with Crippen LogP contribution < -0.4 is 5.73 Å². The molecule has 0 amide bonds. The van der Waals surface area contributed by atoms with E-state index in [1.165, 1.54) is 18.9 Å². The van der Waals surface area contributed by atoms with Crippen molar-refractivity contribution in [3.05, 3.63) is 35.4 Å². The van der Waals surface area contributed by atoms with Crippen LogP contribution >= 0.6 is 0 Å². The molecule has 20 heavy (non-hydrogen) atoms. The highest BCUT2D eigenvalue weighted by Gasteiger charge is 2.35. The van der Waals surface area contributed by atoms with Crippen molar-refractivity contribution in [2.75, 3.05) is 19.7 Å². The van der Waals surface area contributed by atoms with Gasteiger partial charge in [-0.05, 0) is 50.6 Å². The van der Waals surface area contributed by atoms with Crippen LogP contribution in [0.25, 0.3) is 0 Å². The van der Waals surface area contributed by atoms with E-state index in [0.717, 1.165) is 31.6 Å². The van der Waals surface area contributed by atoms with Crippen LogP contribution in [-0.2, 0) is 4.74 Å². The van der Waals surface area contributed by atoms with Gasteiger partial charge in [-0.2, -0.15) is 0 Å². The average Bonchev–Trinajstić information content (AvgIpc) is 2.96. The van der Waals surface area contributed by atoms with Crippen LogP contribution in [0.4, 0.5) is 8.78 Å². The normalized spacial score (nSPS) is 31.6. The molecule has 1 aromatic carbocycles. The Balaban J connectivity index is 1.72. The van der Waals surface area contributed by atoms with Gasteiger partial charge in [-0.3, -0.25) is 4.90 Å². The van der Waals surface area contributed by atoms with E-state index in [2.05, 4.69) is 4.90 Å². The predicted molar refractivity (Wildman–Crippen MR) is 72.2 cm³/mol. The van der Waals surface area contributed by atoms with Crippen molar-refractivity contribution < 1.29 is 13.5 Å². The Morgan fingerprint density at radius 2 is 1.95 bits per heavy atom. The van der Waals surface area contributed by atoms with Gasteiger partial charge in [-0.25, -0.2) is 8.78 Å². The maximum atomic E-state index is 13.8. The molecule has 2 aliphatic heterocycles. The predicted octanol–water partition coefficient (Wildman–Crippen LogP) is 2.22. The number of rotatable bonds is 2. The van der Waals surface area contributed by atoms with Crippen molar-refractivity contribution in [1.29, 1.82) is 0 Å². The highest BCUT2D eigenvalue weighted by molar-refractivity contribution is 5.23. The summed E-state index contributed by atoms with van der Waals surface area (Å²) in [4.78, 5) is 2.39. The third kappa shape index (κ3) is 2.71. The largest absolute Gasteiger partial charge is 0.370 e. The van der Waals surface area contributed by atoms with Gasteiger partial charge in [0.1, 0.15) is 17.7 Å². The topological polar surface area (TPSA) is 38.5 Å². The fourth-order valence-electron chi connectivity index (χ4n) is 3.26. The molecule has 0 unspecified atom stereocenters. The first-order valence-electron chi connectivity index (χ1n) is 7.21. The van der Waals surface area contributed by atoms with E-state index < -0.39 is 17.7 Å². The standard InChI is InChI=1S/C15H20F2N2O/c16-10-3-4-13(17)12(7-10)15-14(18)8-11(9-20-15)19-5-1-2-6-19/h3-4,7,11,14-15H,1-2,5-6,8-9,18H2/t11-,14-,15+/m0/s1. The van der Waals surface area contributed by atoms with E-state index in [1.54, 1.807) is 0 Å². The molecule has 2 saturated heterocycles. The van der Waals surface area contributed by atoms with Crippen molar-refractivity contribution in [3.63, 3.8) is 0 Å². The summed E-state index contributed by atoms with van der Waals surface area (Å²) >= 11 is 0. The Morgan fingerprint density at radius 3 is 2.65 bits per heavy atom. The molecule has 0 spiro atoms. The summed E-state index contributed by atoms with van der Waals surface area (Å²) in [5.74, 6) is -0.912. The second-order valence-electron chi connectivity index (χ2n) is 5.72. The van der Waals surface area contributed by atoms with Crippen molar-refractivity contribution >= 4 is 0 Å². The van der Waals surface area contributed by atoms with Crippen molar-refractivity contribution in [3.8, 4) is 0 Å². The summed E-state index contributed by atoms with van der Waals surface area (Å²) in [5.41, 5.74) is 6.38. The Morgan fingerprint density at radius 1 is 1.20 bits per heavy atom. The van der Waals surface area contributed by atoms with Gasteiger partial charge >= 0.3 is 0 Å². The zero-order chi connectivity index (χ0) is 14.1. The third-order valence-corrected chi connectivity index (χ3v) is 4.32. The second-order valence-corrected chi connectivity index (χ2v) is 5.72. The lowest BCUT2D eigenvalue weighted by atomic mass is 9.93. The fourth-order valence-corrected chi connectivity index (χ4v) is 3.26. The maximum Gasteiger partial charge on any atom is 0.129 e. The third-order valence-electron chi connectivity index (χ3n) is 4.32. The van der Waals surface area contributed by atoms with Gasteiger partial charge in [0.2, 0.25) is 0 Å². The summed E-state index contributed by atoms with van der Waals surface area (Å²) < 4.78 is 32.9. The van der Waals surface area contributed by atoms with Gasteiger partial charge in [0.15, 0.2) is 0 Å². The number of ether oxygens (including phenoxy) is 1. The Kier molecular flexibility index (Phi) is 4.01. The van der Waals surface area contributed by atoms with Crippen LogP contribution in [0.5, 0.6) is 0 Å². The smallest absolute Gasteiger partial charge is 0.129 e. The first-order chi connectivity index (χ1) is 9.65. The van der Waals surface area contributed by atoms with E-state index >= 15 is 0 Å². The highest BCUT2D eigenvalue weighted by atomic mass is 19.1. The van der Waals surface area contributed by atoms with Gasteiger partial charge in [-0.15, -0.1) is 0 Å². The molecule has 0 saturated carbocycles. The van der Waals surface area contributed by atoms with Gasteiger partial charge in [0.25, 0.3) is 0 Å². The van der Waals surface area contributed by atoms with Crippen LogP contribution in [0.3, 0.4) is 0 Å². The average molecular weight is 282 g/mol. The summed E-state index contributed by atoms with van der Waals surface area (Å²) in [6, 6.07) is 3.44. The molecular weight excluding hydrogens is 262 g/mol. The maximum absolute atomic E-state index is 13.8. The van der Waals surface area contributed by atoms with Crippen LogP contribution in [0, 0.1) is 11.6 Å². The minimum atomic E-state index is -0.551. The van der Waals surface area contributed by atoms with Crippen LogP contribution in [0.15, 0.2) is 18.2 Å². The molecule has 5 heteroatoms. The zero-order valence-electron chi connectivity index (χ0n) is 11.4. The fraction of sp³-hybridized carbons (Fsp3) is 0.600. The second kappa shape index (κ2) is 5.76. The lowest BCUT2D eigenvalue weighted by Gasteiger charge is -2.38. The molecule has 3 atom stereocenters. The SMILES string of the molecule is N[C@H]1C[C@H](N2CCCC2)CO[C@@H]1c1cc(F)ccc1F. The molecule has 0 aliphatic carbocycles. The molecule has 3 rings (SSSR count). The number of hydrogen-bond acceptors (Lipinski definition) is 3. The van der Waals surface area contributed by atoms with Crippen molar-refractivity contribution in [2.45, 2.75) is 37.5 Å². The molecule has 110 valence electrons. The van der Waals surface area contributed by atoms with E-state index in [0.29, 0.717) is 12.6 Å². The molecule has 2 N–H and O–H groups in total. The quantitative estimate of drug-likeness (QED) is 0.904. The highest BCUT2D eigenvalue weighted by Crippen LogP contribution is 2.32. The number of halogens is 2. The zero-order valence-corrected chi connectivity index (χ0v) is 11.4. The Labute approximate surface area is 117 Å². The molecule has 2 fully saturated rings.